The highest BCUT2D eigenvalue weighted by atomic mass is 35.5. The van der Waals surface area contributed by atoms with Gasteiger partial charge in [-0.15, -0.1) is 0 Å². The molecule has 2 aliphatic rings. The Bertz CT molecular complexity index is 1400. The second kappa shape index (κ2) is 11.2. The van der Waals surface area contributed by atoms with Crippen molar-refractivity contribution in [1.82, 2.24) is 9.97 Å². The molecule has 1 saturated heterocycles. The smallest absolute Gasteiger partial charge is 0.163 e. The molecular weight excluding hydrogens is 536 g/mol. The van der Waals surface area contributed by atoms with Gasteiger partial charge in [-0.3, -0.25) is 0 Å². The van der Waals surface area contributed by atoms with Gasteiger partial charge in [0.1, 0.15) is 28.0 Å². The quantitative estimate of drug-likeness (QED) is 0.360. The number of aliphatic hydroxyl groups excluding tert-OH is 1. The fraction of sp³-hybridized carbons (Fsp3) is 0.552. The van der Waals surface area contributed by atoms with E-state index in [0.717, 1.165) is 42.0 Å². The summed E-state index contributed by atoms with van der Waals surface area (Å²) in [5.41, 5.74) is 4.33. The van der Waals surface area contributed by atoms with Crippen LogP contribution in [0.4, 0.5) is 5.82 Å². The molecule has 0 radical (unpaired) electrons. The molecule has 4 rings (SSSR count). The lowest BCUT2D eigenvalue weighted by atomic mass is 9.63. The Kier molecular flexibility index (Phi) is 8.45. The van der Waals surface area contributed by atoms with Crippen molar-refractivity contribution in [3.8, 4) is 17.1 Å². The largest absolute Gasteiger partial charge is 0.491 e. The predicted octanol–water partition coefficient (Wildman–Crippen LogP) is 5.49. The molecule has 1 atom stereocenters. The first kappa shape index (κ1) is 29.5. The van der Waals surface area contributed by atoms with Crippen molar-refractivity contribution < 1.29 is 18.3 Å². The number of nitrogens with zero attached hydrogens (tertiary/aromatic N) is 3. The van der Waals surface area contributed by atoms with Crippen LogP contribution in [0, 0.1) is 17.7 Å². The molecule has 2 N–H and O–H groups in total. The van der Waals surface area contributed by atoms with E-state index in [1.807, 2.05) is 27.7 Å². The fourth-order valence-electron chi connectivity index (χ4n) is 5.72. The minimum atomic E-state index is -3.02. The minimum Gasteiger partial charge on any atom is -0.491 e. The molecule has 2 fully saturated rings. The molecule has 2 heterocycles. The molecule has 0 bridgehead atoms. The molecule has 212 valence electrons. The number of ether oxygens (including phenoxy) is 1. The average molecular weight is 575 g/mol. The molecule has 1 saturated carbocycles. The molecule has 1 aromatic carbocycles. The number of rotatable bonds is 10. The Hall–Kier alpha value is -2.49. The summed E-state index contributed by atoms with van der Waals surface area (Å²) < 4.78 is 29.8. The number of allylic oxidation sites excluding steroid dienone is 2. The summed E-state index contributed by atoms with van der Waals surface area (Å²) in [7, 11) is -3.02. The third-order valence-electron chi connectivity index (χ3n) is 7.75. The summed E-state index contributed by atoms with van der Waals surface area (Å²) >= 11 is 6.65. The lowest BCUT2D eigenvalue weighted by molar-refractivity contribution is 0.0936. The molecule has 39 heavy (non-hydrogen) atoms. The van der Waals surface area contributed by atoms with E-state index in [0.29, 0.717) is 52.8 Å². The number of aliphatic hydroxyl groups is 1. The number of sulfone groups is 1. The molecule has 1 aliphatic carbocycles. The van der Waals surface area contributed by atoms with Gasteiger partial charge in [0, 0.05) is 47.2 Å². The van der Waals surface area contributed by atoms with Crippen LogP contribution in [0.25, 0.3) is 17.0 Å². The topological polar surface area (TPSA) is 116 Å². The standard InChI is InChI=1S/C29H39ClN4O4S/c1-7-8-20(35)14-38-21-9-10-24(30)23(11-21)27-32-26(25(17(2)3)19(5)31)18(4)28(33-27)34-15-29(16-34)12-22(13-29)39(6,36)37/h9-11,20,22,31,35H,7-8,12-16H2,1-6H3/t20-/m1/s1. The summed E-state index contributed by atoms with van der Waals surface area (Å²) in [6.07, 6.45) is 3.66. The molecular formula is C29H39ClN4O4S. The van der Waals surface area contributed by atoms with Crippen molar-refractivity contribution in [2.45, 2.75) is 71.7 Å². The second-order valence-corrected chi connectivity index (χ2v) is 14.2. The van der Waals surface area contributed by atoms with Crippen LogP contribution in [0.15, 0.2) is 23.8 Å². The molecule has 8 nitrogen and oxygen atoms in total. The SMILES string of the molecule is CCC[C@@H](O)COc1ccc(Cl)c(-c2nc(C(C(C)=N)=C(C)C)c(C)c(N3CC4(CC(S(C)(=O)=O)C4)C3)n2)c1. The minimum absolute atomic E-state index is 0.00694. The summed E-state index contributed by atoms with van der Waals surface area (Å²) in [6.45, 7) is 11.3. The predicted molar refractivity (Wildman–Crippen MR) is 158 cm³/mol. The van der Waals surface area contributed by atoms with Crippen LogP contribution in [-0.4, -0.2) is 66.5 Å². The zero-order valence-corrected chi connectivity index (χ0v) is 25.2. The molecule has 1 aromatic heterocycles. The van der Waals surface area contributed by atoms with Crippen LogP contribution >= 0.6 is 11.6 Å². The van der Waals surface area contributed by atoms with Crippen LogP contribution < -0.4 is 9.64 Å². The van der Waals surface area contributed by atoms with Gasteiger partial charge >= 0.3 is 0 Å². The van der Waals surface area contributed by atoms with Gasteiger partial charge in [0.25, 0.3) is 0 Å². The Morgan fingerprint density at radius 2 is 1.92 bits per heavy atom. The molecule has 1 aliphatic heterocycles. The van der Waals surface area contributed by atoms with E-state index >= 15 is 0 Å². The number of benzene rings is 1. The molecule has 10 heteroatoms. The maximum atomic E-state index is 12.0. The van der Waals surface area contributed by atoms with Crippen molar-refractivity contribution >= 4 is 38.5 Å². The highest BCUT2D eigenvalue weighted by Crippen LogP contribution is 2.52. The molecule has 1 spiro atoms. The molecule has 0 amide bonds. The number of aromatic nitrogens is 2. The van der Waals surface area contributed by atoms with E-state index in [-0.39, 0.29) is 17.3 Å². The van der Waals surface area contributed by atoms with E-state index in [4.69, 9.17) is 31.7 Å². The normalized spacial score (nSPS) is 17.4. The van der Waals surface area contributed by atoms with Crippen molar-refractivity contribution in [1.29, 1.82) is 5.41 Å². The maximum absolute atomic E-state index is 12.0. The number of nitrogens with one attached hydrogen (secondary N) is 1. The van der Waals surface area contributed by atoms with E-state index in [1.165, 1.54) is 6.26 Å². The van der Waals surface area contributed by atoms with Gasteiger partial charge in [0.05, 0.1) is 22.1 Å². The van der Waals surface area contributed by atoms with Crippen molar-refractivity contribution in [3.05, 3.63) is 40.1 Å². The van der Waals surface area contributed by atoms with Gasteiger partial charge in [-0.25, -0.2) is 18.4 Å². The number of hydrogen-bond donors (Lipinski definition) is 2. The first-order valence-electron chi connectivity index (χ1n) is 13.4. The summed E-state index contributed by atoms with van der Waals surface area (Å²) in [5, 5.41) is 18.8. The van der Waals surface area contributed by atoms with Crippen LogP contribution in [-0.2, 0) is 9.84 Å². The van der Waals surface area contributed by atoms with Crippen LogP contribution in [0.2, 0.25) is 5.02 Å². The zero-order valence-electron chi connectivity index (χ0n) is 23.6. The highest BCUT2D eigenvalue weighted by Gasteiger charge is 2.55. The maximum Gasteiger partial charge on any atom is 0.163 e. The van der Waals surface area contributed by atoms with Gasteiger partial charge in [0.2, 0.25) is 0 Å². The van der Waals surface area contributed by atoms with E-state index < -0.39 is 15.9 Å². The second-order valence-electron chi connectivity index (χ2n) is 11.5. The Labute approximate surface area is 236 Å². The van der Waals surface area contributed by atoms with E-state index in [1.54, 1.807) is 25.1 Å². The summed E-state index contributed by atoms with van der Waals surface area (Å²) in [4.78, 5) is 12.1. The number of hydrogen-bond acceptors (Lipinski definition) is 8. The van der Waals surface area contributed by atoms with Crippen LogP contribution in [0.5, 0.6) is 5.75 Å². The zero-order chi connectivity index (χ0) is 28.7. The van der Waals surface area contributed by atoms with Gasteiger partial charge in [0.15, 0.2) is 5.82 Å². The Balaban J connectivity index is 1.72. The van der Waals surface area contributed by atoms with Crippen molar-refractivity contribution in [3.63, 3.8) is 0 Å². The fourth-order valence-corrected chi connectivity index (χ4v) is 7.24. The van der Waals surface area contributed by atoms with Gasteiger partial charge in [-0.1, -0.05) is 30.5 Å². The van der Waals surface area contributed by atoms with E-state index in [9.17, 15) is 13.5 Å². The average Bonchev–Trinajstić information content (AvgIpc) is 2.77. The lowest BCUT2D eigenvalue weighted by Gasteiger charge is -2.59. The summed E-state index contributed by atoms with van der Waals surface area (Å²) in [6, 6.07) is 5.29. The van der Waals surface area contributed by atoms with Crippen molar-refractivity contribution in [2.24, 2.45) is 5.41 Å². The Morgan fingerprint density at radius 1 is 1.26 bits per heavy atom. The van der Waals surface area contributed by atoms with Crippen LogP contribution in [0.1, 0.15) is 64.6 Å². The lowest BCUT2D eigenvalue weighted by Crippen LogP contribution is -2.65. The number of anilines is 1. The first-order valence-corrected chi connectivity index (χ1v) is 15.7. The van der Waals surface area contributed by atoms with Gasteiger partial charge in [-0.2, -0.15) is 0 Å². The number of halogens is 1. The third-order valence-corrected chi connectivity index (χ3v) is 9.63. The molecule has 2 aromatic rings. The molecule has 0 unspecified atom stereocenters. The Morgan fingerprint density at radius 3 is 2.49 bits per heavy atom. The van der Waals surface area contributed by atoms with E-state index in [2.05, 4.69) is 4.90 Å². The monoisotopic (exact) mass is 574 g/mol. The van der Waals surface area contributed by atoms with Gasteiger partial charge in [-0.05, 0) is 65.2 Å². The first-order chi connectivity index (χ1) is 18.2. The summed E-state index contributed by atoms with van der Waals surface area (Å²) in [5.74, 6) is 1.76. The van der Waals surface area contributed by atoms with Gasteiger partial charge < -0.3 is 20.2 Å². The van der Waals surface area contributed by atoms with Crippen molar-refractivity contribution in [2.75, 3.05) is 30.9 Å². The third kappa shape index (κ3) is 6.15. The van der Waals surface area contributed by atoms with Crippen LogP contribution in [0.3, 0.4) is 0 Å². The highest BCUT2D eigenvalue weighted by molar-refractivity contribution is 7.91.